The Labute approximate surface area is 176 Å². The van der Waals surface area contributed by atoms with Crippen LogP contribution in [0.5, 0.6) is 0 Å². The molecule has 0 amide bonds. The topological polar surface area (TPSA) is 223 Å². The van der Waals surface area contributed by atoms with Crippen LogP contribution in [0.3, 0.4) is 0 Å². The van der Waals surface area contributed by atoms with Gasteiger partial charge >= 0.3 is 6.08 Å². The van der Waals surface area contributed by atoms with Gasteiger partial charge in [-0.3, -0.25) is 4.57 Å². The van der Waals surface area contributed by atoms with Gasteiger partial charge in [0.25, 0.3) is 0 Å². The number of nitrogens with two attached hydrogens (primary N) is 2. The second-order valence-corrected chi connectivity index (χ2v) is 6.87. The van der Waals surface area contributed by atoms with Crippen molar-refractivity contribution in [3.63, 3.8) is 0 Å². The number of nitrogens with one attached hydrogen (secondary N) is 2. The van der Waals surface area contributed by atoms with E-state index in [1.165, 1.54) is 17.2 Å². The number of H-pyrrole nitrogens is 2. The van der Waals surface area contributed by atoms with Crippen molar-refractivity contribution < 1.29 is 24.4 Å². The monoisotopic (exact) mass is 452 g/mol. The van der Waals surface area contributed by atoms with Crippen molar-refractivity contribution in [3.8, 4) is 0 Å². The van der Waals surface area contributed by atoms with E-state index >= 15 is 0 Å². The van der Waals surface area contributed by atoms with Crippen LogP contribution >= 0.6 is 12.2 Å². The number of halogens is 1. The molecule has 164 valence electrons. The molecular weight excluding hydrogens is 435 g/mol. The highest BCUT2D eigenvalue weighted by Gasteiger charge is 2.44. The number of nitrogen functional groups attached to an aromatic ring is 2. The lowest BCUT2D eigenvalue weighted by atomic mass is 10.1. The van der Waals surface area contributed by atoms with Crippen molar-refractivity contribution in [2.75, 3.05) is 18.1 Å². The number of nitrogens with zero attached hydrogens (tertiary/aromatic N) is 6. The van der Waals surface area contributed by atoms with Gasteiger partial charge in [0.1, 0.15) is 23.8 Å². The maximum atomic E-state index is 13.2. The quantitative estimate of drug-likeness (QED) is 0.140. The summed E-state index contributed by atoms with van der Waals surface area (Å²) in [5.41, 5.74) is 12.5. The van der Waals surface area contributed by atoms with E-state index < -0.39 is 37.2 Å². The highest BCUT2D eigenvalue weighted by atomic mass is 32.1. The molecule has 1 saturated heterocycles. The second-order valence-electron chi connectivity index (χ2n) is 6.48. The van der Waals surface area contributed by atoms with Crippen molar-refractivity contribution in [2.24, 2.45) is 0 Å². The number of aliphatic hydroxyl groups excluding tert-OH is 3. The number of fused-ring (bicyclic) bond motifs is 2. The van der Waals surface area contributed by atoms with E-state index in [-0.39, 0.29) is 22.9 Å². The number of ether oxygens (including phenoxy) is 1. The number of aliphatic hydroxyl groups is 3. The summed E-state index contributed by atoms with van der Waals surface area (Å²) in [5.74, 6) is 0.146. The third kappa shape index (κ3) is 3.77. The molecule has 5 rings (SSSR count). The van der Waals surface area contributed by atoms with Gasteiger partial charge in [-0.1, -0.05) is 12.2 Å². The van der Waals surface area contributed by atoms with E-state index in [2.05, 4.69) is 34.9 Å². The van der Waals surface area contributed by atoms with E-state index in [4.69, 9.17) is 33.5 Å². The van der Waals surface area contributed by atoms with Gasteiger partial charge in [0.2, 0.25) is 5.95 Å². The molecule has 0 unspecified atom stereocenters. The SMILES string of the molecule is Nc1nc(=S)c2[nH]cnc2[nH]1.Nc1nc(F)nc2c1ncn2[C@@H]1O[C@H](CO)[C@@H](O)[C@@H]1O. The summed E-state index contributed by atoms with van der Waals surface area (Å²) < 4.78 is 20.2. The molecule has 0 saturated carbocycles. The molecule has 14 nitrogen and oxygen atoms in total. The Morgan fingerprint density at radius 2 is 1.97 bits per heavy atom. The molecule has 0 aliphatic carbocycles. The Balaban J connectivity index is 0.000000177. The minimum Gasteiger partial charge on any atom is -0.394 e. The minimum absolute atomic E-state index is 0.0323. The molecule has 0 bridgehead atoms. The summed E-state index contributed by atoms with van der Waals surface area (Å²) >= 11 is 4.91. The third-order valence-electron chi connectivity index (χ3n) is 4.53. The Morgan fingerprint density at radius 3 is 2.68 bits per heavy atom. The van der Waals surface area contributed by atoms with Crippen LogP contribution in [0.2, 0.25) is 0 Å². The van der Waals surface area contributed by atoms with Gasteiger partial charge in [0.05, 0.1) is 19.3 Å². The smallest absolute Gasteiger partial charge is 0.312 e. The highest BCUT2D eigenvalue weighted by molar-refractivity contribution is 7.71. The van der Waals surface area contributed by atoms with Crippen LogP contribution < -0.4 is 11.5 Å². The number of anilines is 2. The zero-order valence-electron chi connectivity index (χ0n) is 15.5. The van der Waals surface area contributed by atoms with Crippen molar-refractivity contribution >= 4 is 46.3 Å². The van der Waals surface area contributed by atoms with Crippen molar-refractivity contribution in [1.82, 2.24) is 39.5 Å². The maximum absolute atomic E-state index is 13.2. The van der Waals surface area contributed by atoms with Gasteiger partial charge in [0, 0.05) is 0 Å². The summed E-state index contributed by atoms with van der Waals surface area (Å²) in [4.78, 5) is 24.2. The van der Waals surface area contributed by atoms with E-state index in [1.54, 1.807) is 0 Å². The first-order chi connectivity index (χ1) is 14.8. The number of imidazole rings is 2. The molecule has 1 fully saturated rings. The van der Waals surface area contributed by atoms with Gasteiger partial charge in [-0.15, -0.1) is 0 Å². The fourth-order valence-corrected chi connectivity index (χ4v) is 3.33. The fourth-order valence-electron chi connectivity index (χ4n) is 3.07. The molecule has 4 atom stereocenters. The summed E-state index contributed by atoms with van der Waals surface area (Å²) in [6.07, 6.45) is -2.84. The standard InChI is InChI=1S/C10H12FN5O4.C5H5N5S/c11-10-14-7(12)4-8(15-10)16(2-13-4)9-6(19)5(18)3(1-17)20-9;6-5-9-3-2(4(11)10-5)7-1-8-3/h2-3,5-6,9,17-19H,1H2,(H2,12,14,15);1H,(H4,6,7,8,9,10,11)/t3-,5-,6+,9-;/m1./s1. The molecule has 1 aliphatic rings. The number of aromatic amines is 2. The molecule has 5 heterocycles. The predicted molar refractivity (Wildman–Crippen MR) is 106 cm³/mol. The van der Waals surface area contributed by atoms with Crippen LogP contribution in [-0.4, -0.2) is 79.7 Å². The zero-order chi connectivity index (χ0) is 22.3. The van der Waals surface area contributed by atoms with Crippen LogP contribution in [-0.2, 0) is 4.74 Å². The normalized spacial score (nSPS) is 23.2. The lowest BCUT2D eigenvalue weighted by molar-refractivity contribution is -0.0511. The fraction of sp³-hybridized carbons (Fsp3) is 0.333. The van der Waals surface area contributed by atoms with Gasteiger partial charge in [-0.25, -0.2) is 15.0 Å². The molecule has 1 aliphatic heterocycles. The average molecular weight is 452 g/mol. The van der Waals surface area contributed by atoms with E-state index in [9.17, 15) is 14.6 Å². The summed E-state index contributed by atoms with van der Waals surface area (Å²) in [6, 6.07) is 0. The molecular formula is C15H17FN10O4S. The molecule has 4 aromatic heterocycles. The van der Waals surface area contributed by atoms with Crippen LogP contribution in [0.25, 0.3) is 22.3 Å². The van der Waals surface area contributed by atoms with E-state index in [0.717, 1.165) is 0 Å². The highest BCUT2D eigenvalue weighted by Crippen LogP contribution is 2.31. The molecule has 4 aromatic rings. The molecule has 31 heavy (non-hydrogen) atoms. The first kappa shape index (κ1) is 20.9. The Kier molecular flexibility index (Phi) is 5.46. The molecule has 0 radical (unpaired) electrons. The summed E-state index contributed by atoms with van der Waals surface area (Å²) in [5, 5.41) is 28.7. The lowest BCUT2D eigenvalue weighted by Gasteiger charge is -2.16. The number of hydrogen-bond acceptors (Lipinski definition) is 12. The van der Waals surface area contributed by atoms with Gasteiger partial charge in [-0.2, -0.15) is 14.4 Å². The zero-order valence-corrected chi connectivity index (χ0v) is 16.4. The summed E-state index contributed by atoms with van der Waals surface area (Å²) in [7, 11) is 0. The van der Waals surface area contributed by atoms with Gasteiger partial charge < -0.3 is 41.5 Å². The van der Waals surface area contributed by atoms with Gasteiger partial charge in [-0.05, 0) is 0 Å². The molecule has 0 aromatic carbocycles. The molecule has 9 N–H and O–H groups in total. The van der Waals surface area contributed by atoms with Crippen LogP contribution in [0.15, 0.2) is 12.7 Å². The van der Waals surface area contributed by atoms with Crippen molar-refractivity contribution in [3.05, 3.63) is 23.4 Å². The Morgan fingerprint density at radius 1 is 1.19 bits per heavy atom. The van der Waals surface area contributed by atoms with Crippen molar-refractivity contribution in [1.29, 1.82) is 0 Å². The van der Waals surface area contributed by atoms with Gasteiger partial charge in [0.15, 0.2) is 33.5 Å². The maximum Gasteiger partial charge on any atom is 0.312 e. The predicted octanol–water partition coefficient (Wildman–Crippen LogP) is -1.24. The second kappa shape index (κ2) is 8.08. The molecule has 0 spiro atoms. The lowest BCUT2D eigenvalue weighted by Crippen LogP contribution is -2.33. The summed E-state index contributed by atoms with van der Waals surface area (Å²) in [6.45, 7) is -0.465. The number of aromatic nitrogens is 8. The Hall–Kier alpha value is -3.31. The van der Waals surface area contributed by atoms with E-state index in [0.29, 0.717) is 15.8 Å². The Bertz CT molecular complexity index is 1290. The largest absolute Gasteiger partial charge is 0.394 e. The van der Waals surface area contributed by atoms with Crippen LogP contribution in [0.4, 0.5) is 16.2 Å². The number of rotatable bonds is 2. The number of hydrogen-bond donors (Lipinski definition) is 7. The third-order valence-corrected chi connectivity index (χ3v) is 4.83. The average Bonchev–Trinajstić information content (AvgIpc) is 3.41. The van der Waals surface area contributed by atoms with Crippen LogP contribution in [0.1, 0.15) is 6.23 Å². The first-order valence-electron chi connectivity index (χ1n) is 8.77. The first-order valence-corrected chi connectivity index (χ1v) is 9.17. The molecule has 16 heteroatoms. The van der Waals surface area contributed by atoms with Crippen molar-refractivity contribution in [2.45, 2.75) is 24.5 Å². The van der Waals surface area contributed by atoms with E-state index in [1.807, 2.05) is 0 Å². The minimum atomic E-state index is -1.32. The van der Waals surface area contributed by atoms with Crippen LogP contribution in [0, 0.1) is 10.7 Å².